The second-order valence-electron chi connectivity index (χ2n) is 9.19. The molecular formula is C31H23N5O8. The normalized spacial score (nSPS) is 10.8. The number of carbonyl (C=O) groups excluding carboxylic acids is 3. The van der Waals surface area contributed by atoms with Crippen molar-refractivity contribution in [1.29, 1.82) is 0 Å². The van der Waals surface area contributed by atoms with Crippen molar-refractivity contribution in [2.45, 2.75) is 6.92 Å². The molecule has 2 amide bonds. The Morgan fingerprint density at radius 3 is 2.20 bits per heavy atom. The van der Waals surface area contributed by atoms with E-state index in [1.165, 1.54) is 42.5 Å². The molecule has 0 aromatic heterocycles. The van der Waals surface area contributed by atoms with Crippen molar-refractivity contribution in [2.75, 3.05) is 5.32 Å². The molecule has 0 radical (unpaired) electrons. The molecule has 0 spiro atoms. The lowest BCUT2D eigenvalue weighted by atomic mass is 10.1. The van der Waals surface area contributed by atoms with Gasteiger partial charge in [-0.2, -0.15) is 5.10 Å². The number of hydrogen-bond acceptors (Lipinski definition) is 9. The Morgan fingerprint density at radius 1 is 0.795 bits per heavy atom. The lowest BCUT2D eigenvalue weighted by molar-refractivity contribution is -0.385. The van der Waals surface area contributed by atoms with E-state index in [9.17, 15) is 34.6 Å². The molecule has 0 aliphatic rings. The average molecular weight is 594 g/mol. The van der Waals surface area contributed by atoms with E-state index in [0.717, 1.165) is 30.0 Å². The summed E-state index contributed by atoms with van der Waals surface area (Å²) in [5.74, 6) is -1.86. The molecule has 0 unspecified atom stereocenters. The SMILES string of the molecule is Cc1cccc(C(=O)Nc2ccc(C(=O)N/N=C/c3cc([N+](=O)[O-])ccc3OC(=O)/C=C/c3cccc([N+](=O)[O-])c3)cc2)c1. The molecule has 44 heavy (non-hydrogen) atoms. The number of hydrogen-bond donors (Lipinski definition) is 2. The maximum atomic E-state index is 12.6. The molecule has 0 atom stereocenters. The van der Waals surface area contributed by atoms with Gasteiger partial charge in [-0.25, -0.2) is 10.2 Å². The molecule has 0 saturated carbocycles. The highest BCUT2D eigenvalue weighted by atomic mass is 16.6. The van der Waals surface area contributed by atoms with Crippen molar-refractivity contribution >= 4 is 47.1 Å². The second-order valence-corrected chi connectivity index (χ2v) is 9.19. The highest BCUT2D eigenvalue weighted by Crippen LogP contribution is 2.23. The van der Waals surface area contributed by atoms with Gasteiger partial charge < -0.3 is 10.1 Å². The molecule has 13 heteroatoms. The van der Waals surface area contributed by atoms with Gasteiger partial charge in [-0.3, -0.25) is 29.8 Å². The van der Waals surface area contributed by atoms with E-state index in [0.29, 0.717) is 16.8 Å². The third kappa shape index (κ3) is 8.27. The number of rotatable bonds is 10. The lowest BCUT2D eigenvalue weighted by Gasteiger charge is -2.07. The summed E-state index contributed by atoms with van der Waals surface area (Å²) in [4.78, 5) is 58.5. The van der Waals surface area contributed by atoms with Crippen LogP contribution in [0.4, 0.5) is 17.1 Å². The van der Waals surface area contributed by atoms with E-state index in [1.807, 2.05) is 13.0 Å². The van der Waals surface area contributed by atoms with Crippen LogP contribution >= 0.6 is 0 Å². The molecule has 0 aliphatic heterocycles. The first-order chi connectivity index (χ1) is 21.1. The number of amides is 2. The number of non-ortho nitro benzene ring substituents is 2. The van der Waals surface area contributed by atoms with Crippen molar-refractivity contribution < 1.29 is 29.0 Å². The van der Waals surface area contributed by atoms with Crippen LogP contribution in [0.1, 0.15) is 37.4 Å². The van der Waals surface area contributed by atoms with E-state index in [2.05, 4.69) is 15.8 Å². The van der Waals surface area contributed by atoms with Crippen molar-refractivity contribution in [3.05, 3.63) is 145 Å². The largest absolute Gasteiger partial charge is 0.423 e. The summed E-state index contributed by atoms with van der Waals surface area (Å²) in [6, 6.07) is 22.2. The Morgan fingerprint density at radius 2 is 1.50 bits per heavy atom. The number of nitrogens with one attached hydrogen (secondary N) is 2. The number of esters is 1. The second kappa shape index (κ2) is 13.9. The van der Waals surface area contributed by atoms with Gasteiger partial charge >= 0.3 is 5.97 Å². The standard InChI is InChI=1S/C31H23N5O8/c1-20-4-2-6-23(16-20)30(38)33-25-11-9-22(10-12-25)31(39)34-32-19-24-18-27(36(42)43)13-14-28(24)44-29(37)15-8-21-5-3-7-26(17-21)35(40)41/h2-19H,1H3,(H,33,38)(H,34,39)/b15-8+,32-19+. The molecule has 220 valence electrons. The van der Waals surface area contributed by atoms with Gasteiger partial charge in [0.15, 0.2) is 0 Å². The minimum Gasteiger partial charge on any atom is -0.423 e. The molecule has 0 heterocycles. The maximum Gasteiger partial charge on any atom is 0.336 e. The first-order valence-corrected chi connectivity index (χ1v) is 12.8. The predicted octanol–water partition coefficient (Wildman–Crippen LogP) is 5.45. The van der Waals surface area contributed by atoms with Crippen molar-refractivity contribution in [3.63, 3.8) is 0 Å². The highest BCUT2D eigenvalue weighted by Gasteiger charge is 2.14. The van der Waals surface area contributed by atoms with E-state index < -0.39 is 21.7 Å². The zero-order chi connectivity index (χ0) is 31.6. The summed E-state index contributed by atoms with van der Waals surface area (Å²) in [7, 11) is 0. The molecule has 0 fully saturated rings. The summed E-state index contributed by atoms with van der Waals surface area (Å²) in [6.45, 7) is 1.88. The number of aryl methyl sites for hydroxylation is 1. The molecule has 0 aliphatic carbocycles. The first kappa shape index (κ1) is 30.5. The average Bonchev–Trinajstić information content (AvgIpc) is 3.01. The molecule has 13 nitrogen and oxygen atoms in total. The molecule has 0 bridgehead atoms. The van der Waals surface area contributed by atoms with Gasteiger partial charge in [-0.1, -0.05) is 29.8 Å². The third-order valence-electron chi connectivity index (χ3n) is 5.96. The molecule has 4 rings (SSSR count). The monoisotopic (exact) mass is 593 g/mol. The number of nitro benzene ring substituents is 2. The molecule has 2 N–H and O–H groups in total. The summed E-state index contributed by atoms with van der Waals surface area (Å²) < 4.78 is 5.28. The number of benzene rings is 4. The summed E-state index contributed by atoms with van der Waals surface area (Å²) in [5, 5.41) is 28.8. The van der Waals surface area contributed by atoms with Gasteiger partial charge in [-0.05, 0) is 61.0 Å². The van der Waals surface area contributed by atoms with Crippen LogP contribution in [0.15, 0.2) is 102 Å². The fourth-order valence-corrected chi connectivity index (χ4v) is 3.81. The fraction of sp³-hybridized carbons (Fsp3) is 0.0323. The van der Waals surface area contributed by atoms with Crippen LogP contribution in [0.5, 0.6) is 5.75 Å². The Hall–Kier alpha value is -6.50. The minimum atomic E-state index is -0.862. The number of ether oxygens (including phenoxy) is 1. The van der Waals surface area contributed by atoms with Crippen LogP contribution in [0.2, 0.25) is 0 Å². The van der Waals surface area contributed by atoms with Gasteiger partial charge in [0.2, 0.25) is 0 Å². The zero-order valence-corrected chi connectivity index (χ0v) is 23.0. The van der Waals surface area contributed by atoms with E-state index in [1.54, 1.807) is 36.4 Å². The van der Waals surface area contributed by atoms with Gasteiger partial charge in [0.05, 0.1) is 16.1 Å². The first-order valence-electron chi connectivity index (χ1n) is 12.8. The smallest absolute Gasteiger partial charge is 0.336 e. The topological polar surface area (TPSA) is 183 Å². The van der Waals surface area contributed by atoms with Crippen LogP contribution in [-0.4, -0.2) is 33.8 Å². The molecule has 4 aromatic carbocycles. The predicted molar refractivity (Wildman–Crippen MR) is 161 cm³/mol. The van der Waals surface area contributed by atoms with E-state index in [4.69, 9.17) is 4.74 Å². The number of carbonyl (C=O) groups is 3. The van der Waals surface area contributed by atoms with Crippen LogP contribution in [0.3, 0.4) is 0 Å². The summed E-state index contributed by atoms with van der Waals surface area (Å²) >= 11 is 0. The zero-order valence-electron chi connectivity index (χ0n) is 23.0. The number of nitro groups is 2. The molecular weight excluding hydrogens is 570 g/mol. The fourth-order valence-electron chi connectivity index (χ4n) is 3.81. The van der Waals surface area contributed by atoms with Crippen LogP contribution in [0, 0.1) is 27.2 Å². The Kier molecular flexibility index (Phi) is 9.63. The van der Waals surface area contributed by atoms with Crippen molar-refractivity contribution in [3.8, 4) is 5.75 Å². The number of hydrazone groups is 1. The Balaban J connectivity index is 1.41. The van der Waals surface area contributed by atoms with E-state index in [-0.39, 0.29) is 34.2 Å². The summed E-state index contributed by atoms with van der Waals surface area (Å²) in [6.07, 6.45) is 3.43. The minimum absolute atomic E-state index is 0.0193. The van der Waals surface area contributed by atoms with Gasteiger partial charge in [0.25, 0.3) is 23.2 Å². The Bertz CT molecular complexity index is 1820. The van der Waals surface area contributed by atoms with Gasteiger partial charge in [0, 0.05) is 52.7 Å². The lowest BCUT2D eigenvalue weighted by Crippen LogP contribution is -2.18. The molecule has 0 saturated heterocycles. The number of anilines is 1. The summed E-state index contributed by atoms with van der Waals surface area (Å²) in [5.41, 5.74) is 4.35. The van der Waals surface area contributed by atoms with E-state index >= 15 is 0 Å². The van der Waals surface area contributed by atoms with Crippen molar-refractivity contribution in [1.82, 2.24) is 5.43 Å². The third-order valence-corrected chi connectivity index (χ3v) is 5.96. The molecule has 4 aromatic rings. The highest BCUT2D eigenvalue weighted by molar-refractivity contribution is 6.04. The number of nitrogens with zero attached hydrogens (tertiary/aromatic N) is 3. The maximum absolute atomic E-state index is 12.6. The van der Waals surface area contributed by atoms with Crippen LogP contribution in [0.25, 0.3) is 6.08 Å². The van der Waals surface area contributed by atoms with Crippen molar-refractivity contribution in [2.24, 2.45) is 5.10 Å². The quantitative estimate of drug-likeness (QED) is 0.0607. The van der Waals surface area contributed by atoms with Gasteiger partial charge in [-0.15, -0.1) is 0 Å². The van der Waals surface area contributed by atoms with Gasteiger partial charge in [0.1, 0.15) is 5.75 Å². The van der Waals surface area contributed by atoms with Crippen LogP contribution in [-0.2, 0) is 4.79 Å². The van der Waals surface area contributed by atoms with Crippen LogP contribution < -0.4 is 15.5 Å². The Labute approximate surface area is 249 Å².